The molecule has 98 valence electrons. The van der Waals surface area contributed by atoms with Crippen LogP contribution in [-0.4, -0.2) is 24.2 Å². The first-order valence-corrected chi connectivity index (χ1v) is 7.32. The lowest BCUT2D eigenvalue weighted by atomic mass is 10.1. The summed E-state index contributed by atoms with van der Waals surface area (Å²) in [6.45, 7) is 1.84. The van der Waals surface area contributed by atoms with Crippen molar-refractivity contribution in [1.29, 1.82) is 0 Å². The highest BCUT2D eigenvalue weighted by Crippen LogP contribution is 2.22. The number of benzene rings is 1. The predicted molar refractivity (Wildman–Crippen MR) is 82.1 cm³/mol. The number of nitrogens with one attached hydrogen (secondary N) is 1. The van der Waals surface area contributed by atoms with Gasteiger partial charge in [-0.25, -0.2) is 0 Å². The van der Waals surface area contributed by atoms with E-state index >= 15 is 0 Å². The molecule has 0 amide bonds. The highest BCUT2D eigenvalue weighted by atomic mass is 79.9. The van der Waals surface area contributed by atoms with Crippen LogP contribution in [0.3, 0.4) is 0 Å². The summed E-state index contributed by atoms with van der Waals surface area (Å²) in [4.78, 5) is 0.410. The van der Waals surface area contributed by atoms with Gasteiger partial charge in [-0.2, -0.15) is 0 Å². The predicted octanol–water partition coefficient (Wildman–Crippen LogP) is 3.06. The molecule has 3 nitrogen and oxygen atoms in total. The Kier molecular flexibility index (Phi) is 4.97. The molecule has 0 aromatic heterocycles. The van der Waals surface area contributed by atoms with Crippen molar-refractivity contribution in [1.82, 2.24) is 0 Å². The molecule has 1 saturated heterocycles. The molecule has 0 bridgehead atoms. The third-order valence-corrected chi connectivity index (χ3v) is 3.93. The molecular formula is C13H17BrN2OS. The van der Waals surface area contributed by atoms with Gasteiger partial charge in [0.2, 0.25) is 0 Å². The van der Waals surface area contributed by atoms with E-state index in [4.69, 9.17) is 22.7 Å². The van der Waals surface area contributed by atoms with E-state index in [0.29, 0.717) is 11.1 Å². The number of nitrogens with two attached hydrogens (primary N) is 1. The number of hydrogen-bond acceptors (Lipinski definition) is 3. The summed E-state index contributed by atoms with van der Waals surface area (Å²) >= 11 is 8.44. The van der Waals surface area contributed by atoms with Crippen molar-refractivity contribution in [2.75, 3.05) is 18.5 Å². The zero-order chi connectivity index (χ0) is 13.0. The summed E-state index contributed by atoms with van der Waals surface area (Å²) in [7, 11) is 0. The molecule has 1 aliphatic heterocycles. The average molecular weight is 329 g/mol. The van der Waals surface area contributed by atoms with Gasteiger partial charge in [-0.05, 0) is 53.4 Å². The molecular weight excluding hydrogens is 312 g/mol. The Morgan fingerprint density at radius 3 is 3.00 bits per heavy atom. The fraction of sp³-hybridized carbons (Fsp3) is 0.462. The van der Waals surface area contributed by atoms with Crippen molar-refractivity contribution in [3.63, 3.8) is 0 Å². The van der Waals surface area contributed by atoms with Gasteiger partial charge in [0.25, 0.3) is 0 Å². The molecule has 1 fully saturated rings. The molecule has 3 N–H and O–H groups in total. The quantitative estimate of drug-likeness (QED) is 0.815. The molecule has 1 aliphatic rings. The minimum absolute atomic E-state index is 0.410. The summed E-state index contributed by atoms with van der Waals surface area (Å²) in [5, 5.41) is 3.38. The molecule has 2 rings (SSSR count). The third-order valence-electron chi connectivity index (χ3n) is 3.05. The van der Waals surface area contributed by atoms with Crippen LogP contribution in [0.5, 0.6) is 0 Å². The van der Waals surface area contributed by atoms with E-state index in [1.165, 1.54) is 12.8 Å². The topological polar surface area (TPSA) is 47.3 Å². The maximum Gasteiger partial charge on any atom is 0.105 e. The minimum atomic E-state index is 0.410. The molecule has 1 aromatic rings. The van der Waals surface area contributed by atoms with E-state index < -0.39 is 0 Å². The van der Waals surface area contributed by atoms with Crippen LogP contribution in [0.2, 0.25) is 0 Å². The van der Waals surface area contributed by atoms with Crippen molar-refractivity contribution >= 4 is 38.8 Å². The van der Waals surface area contributed by atoms with Crippen LogP contribution in [0.15, 0.2) is 22.7 Å². The largest absolute Gasteiger partial charge is 0.389 e. The molecule has 18 heavy (non-hydrogen) atoms. The summed E-state index contributed by atoms with van der Waals surface area (Å²) < 4.78 is 6.51. The zero-order valence-corrected chi connectivity index (χ0v) is 12.5. The lowest BCUT2D eigenvalue weighted by Crippen LogP contribution is -2.13. The van der Waals surface area contributed by atoms with Gasteiger partial charge in [-0.15, -0.1) is 0 Å². The second-order valence-electron chi connectivity index (χ2n) is 4.41. The number of thiocarbonyl (C=S) groups is 1. The second-order valence-corrected chi connectivity index (χ2v) is 5.70. The highest BCUT2D eigenvalue weighted by Gasteiger charge is 2.14. The van der Waals surface area contributed by atoms with Crippen molar-refractivity contribution in [3.05, 3.63) is 28.2 Å². The van der Waals surface area contributed by atoms with E-state index in [2.05, 4.69) is 21.2 Å². The third kappa shape index (κ3) is 3.67. The Morgan fingerprint density at radius 2 is 2.39 bits per heavy atom. The van der Waals surface area contributed by atoms with Gasteiger partial charge in [-0.3, -0.25) is 0 Å². The Morgan fingerprint density at radius 1 is 1.56 bits per heavy atom. The van der Waals surface area contributed by atoms with Gasteiger partial charge in [0.15, 0.2) is 0 Å². The first-order valence-electron chi connectivity index (χ1n) is 6.11. The van der Waals surface area contributed by atoms with Gasteiger partial charge >= 0.3 is 0 Å². The zero-order valence-electron chi connectivity index (χ0n) is 10.1. The highest BCUT2D eigenvalue weighted by molar-refractivity contribution is 9.10. The summed E-state index contributed by atoms with van der Waals surface area (Å²) in [5.41, 5.74) is 7.55. The van der Waals surface area contributed by atoms with E-state index in [0.717, 1.165) is 35.3 Å². The molecule has 0 radical (unpaired) electrons. The second kappa shape index (κ2) is 6.50. The molecule has 1 atom stereocenters. The van der Waals surface area contributed by atoms with E-state index in [-0.39, 0.29) is 0 Å². The van der Waals surface area contributed by atoms with Gasteiger partial charge in [0, 0.05) is 28.9 Å². The first-order chi connectivity index (χ1) is 8.66. The first kappa shape index (κ1) is 13.8. The number of anilines is 1. The van der Waals surface area contributed by atoms with Crippen LogP contribution < -0.4 is 11.1 Å². The maximum absolute atomic E-state index is 5.61. The van der Waals surface area contributed by atoms with Crippen LogP contribution in [-0.2, 0) is 4.74 Å². The van der Waals surface area contributed by atoms with E-state index in [1.54, 1.807) is 0 Å². The molecule has 0 spiro atoms. The standard InChI is InChI=1S/C13H17BrN2OS/c14-12-8-9(3-4-11(12)13(15)18)16-6-5-10-2-1-7-17-10/h3-4,8,10,16H,1-2,5-7H2,(H2,15,18). The number of rotatable bonds is 5. The average Bonchev–Trinajstić information content (AvgIpc) is 2.81. The molecule has 5 heteroatoms. The monoisotopic (exact) mass is 328 g/mol. The van der Waals surface area contributed by atoms with E-state index in [9.17, 15) is 0 Å². The van der Waals surface area contributed by atoms with Crippen LogP contribution in [0.1, 0.15) is 24.8 Å². The minimum Gasteiger partial charge on any atom is -0.389 e. The Balaban J connectivity index is 1.85. The van der Waals surface area contributed by atoms with Crippen molar-refractivity contribution in [3.8, 4) is 0 Å². The molecule has 1 heterocycles. The van der Waals surface area contributed by atoms with Crippen LogP contribution >= 0.6 is 28.1 Å². The SMILES string of the molecule is NC(=S)c1ccc(NCCC2CCCO2)cc1Br. The van der Waals surface area contributed by atoms with Gasteiger partial charge in [0.05, 0.1) is 6.10 Å². The van der Waals surface area contributed by atoms with Gasteiger partial charge in [-0.1, -0.05) is 12.2 Å². The maximum atomic E-state index is 5.61. The fourth-order valence-corrected chi connectivity index (χ4v) is 2.98. The molecule has 0 saturated carbocycles. The summed E-state index contributed by atoms with van der Waals surface area (Å²) in [6, 6.07) is 5.93. The molecule has 1 unspecified atom stereocenters. The lowest BCUT2D eigenvalue weighted by Gasteiger charge is -2.12. The van der Waals surface area contributed by atoms with Crippen molar-refractivity contribution in [2.24, 2.45) is 5.73 Å². The number of halogens is 1. The van der Waals surface area contributed by atoms with Crippen LogP contribution in [0, 0.1) is 0 Å². The van der Waals surface area contributed by atoms with Crippen molar-refractivity contribution < 1.29 is 4.74 Å². The smallest absolute Gasteiger partial charge is 0.105 e. The number of hydrogen-bond donors (Lipinski definition) is 2. The Bertz CT molecular complexity index is 433. The molecule has 0 aliphatic carbocycles. The Labute approximate surface area is 121 Å². The van der Waals surface area contributed by atoms with Crippen LogP contribution in [0.4, 0.5) is 5.69 Å². The summed E-state index contributed by atoms with van der Waals surface area (Å²) in [5.74, 6) is 0. The van der Waals surface area contributed by atoms with Gasteiger partial charge < -0.3 is 15.8 Å². The van der Waals surface area contributed by atoms with Gasteiger partial charge in [0.1, 0.15) is 4.99 Å². The Hall–Kier alpha value is -0.650. The van der Waals surface area contributed by atoms with Crippen molar-refractivity contribution in [2.45, 2.75) is 25.4 Å². The molecule has 1 aromatic carbocycles. The van der Waals surface area contributed by atoms with E-state index in [1.807, 2.05) is 18.2 Å². The summed E-state index contributed by atoms with van der Waals surface area (Å²) in [6.07, 6.45) is 3.86. The number of ether oxygens (including phenoxy) is 1. The lowest BCUT2D eigenvalue weighted by molar-refractivity contribution is 0.107. The van der Waals surface area contributed by atoms with Crippen LogP contribution in [0.25, 0.3) is 0 Å². The fourth-order valence-electron chi connectivity index (χ4n) is 2.07. The normalized spacial score (nSPS) is 18.8.